The van der Waals surface area contributed by atoms with Gasteiger partial charge < -0.3 is 14.7 Å². The monoisotopic (exact) mass is 463 g/mol. The highest BCUT2D eigenvalue weighted by Crippen LogP contribution is 2.40. The van der Waals surface area contributed by atoms with Gasteiger partial charge in [-0.05, 0) is 53.0 Å². The van der Waals surface area contributed by atoms with Crippen molar-refractivity contribution in [2.75, 3.05) is 20.3 Å². The standard InChI is InChI=1S/C29H37NO4/c1-18(2)20-10-12-21(13-11-20)25-24(27(32)28(33)30(25)15-8-16-34-7)26(31)23-17-22(29(4,5)6)14-9-19(23)3/h9-14,17-18,25,31H,8,15-16H2,1-7H3/b26-24+. The molecule has 1 aliphatic rings. The smallest absolute Gasteiger partial charge is 0.295 e. The number of benzene rings is 2. The van der Waals surface area contributed by atoms with Crippen LogP contribution in [0.5, 0.6) is 0 Å². The summed E-state index contributed by atoms with van der Waals surface area (Å²) in [6.07, 6.45) is 0.600. The number of nitrogens with zero attached hydrogens (tertiary/aromatic N) is 1. The summed E-state index contributed by atoms with van der Waals surface area (Å²) in [5.41, 5.74) is 4.50. The average Bonchev–Trinajstić information content (AvgIpc) is 3.03. The van der Waals surface area contributed by atoms with Crippen LogP contribution in [0.1, 0.15) is 80.8 Å². The minimum atomic E-state index is -0.645. The van der Waals surface area contributed by atoms with Crippen molar-refractivity contribution in [3.63, 3.8) is 0 Å². The molecule has 0 bridgehead atoms. The number of aliphatic hydroxyl groups excluding tert-OH is 1. The molecule has 34 heavy (non-hydrogen) atoms. The lowest BCUT2D eigenvalue weighted by atomic mass is 9.84. The molecular weight excluding hydrogens is 426 g/mol. The SMILES string of the molecule is COCCCN1C(=O)C(=O)/C(=C(/O)c2cc(C(C)(C)C)ccc2C)C1c1ccc(C(C)C)cc1. The Kier molecular flexibility index (Phi) is 7.67. The molecule has 0 radical (unpaired) electrons. The van der Waals surface area contributed by atoms with Gasteiger partial charge >= 0.3 is 0 Å². The van der Waals surface area contributed by atoms with Crippen LogP contribution in [0.15, 0.2) is 48.0 Å². The molecule has 5 nitrogen and oxygen atoms in total. The van der Waals surface area contributed by atoms with E-state index in [1.807, 2.05) is 49.4 Å². The van der Waals surface area contributed by atoms with Crippen LogP contribution in [0.4, 0.5) is 0 Å². The van der Waals surface area contributed by atoms with Crippen LogP contribution in [-0.4, -0.2) is 42.0 Å². The highest BCUT2D eigenvalue weighted by molar-refractivity contribution is 6.46. The maximum absolute atomic E-state index is 13.3. The number of carbonyl (C=O) groups is 2. The van der Waals surface area contributed by atoms with E-state index < -0.39 is 17.7 Å². The third-order valence-electron chi connectivity index (χ3n) is 6.57. The second kappa shape index (κ2) is 10.1. The van der Waals surface area contributed by atoms with Crippen LogP contribution in [0.25, 0.3) is 5.76 Å². The number of likely N-dealkylation sites (tertiary alicyclic amines) is 1. The predicted molar refractivity (Wildman–Crippen MR) is 136 cm³/mol. The number of Topliss-reactive ketones (excluding diaryl/α,β-unsaturated/α-hetero) is 1. The topological polar surface area (TPSA) is 66.8 Å². The molecule has 1 saturated heterocycles. The van der Waals surface area contributed by atoms with E-state index in [-0.39, 0.29) is 16.7 Å². The third kappa shape index (κ3) is 5.10. The fourth-order valence-electron chi connectivity index (χ4n) is 4.39. The minimum absolute atomic E-state index is 0.117. The van der Waals surface area contributed by atoms with Gasteiger partial charge in [-0.2, -0.15) is 0 Å². The van der Waals surface area contributed by atoms with E-state index in [1.54, 1.807) is 12.0 Å². The van der Waals surface area contributed by atoms with Crippen LogP contribution in [0.2, 0.25) is 0 Å². The Bertz CT molecular complexity index is 1090. The summed E-state index contributed by atoms with van der Waals surface area (Å²) in [5.74, 6) is -0.979. The highest BCUT2D eigenvalue weighted by atomic mass is 16.5. The van der Waals surface area contributed by atoms with Gasteiger partial charge in [-0.3, -0.25) is 9.59 Å². The van der Waals surface area contributed by atoms with Gasteiger partial charge in [0.05, 0.1) is 11.6 Å². The summed E-state index contributed by atoms with van der Waals surface area (Å²) in [6.45, 7) is 13.3. The number of hydrogen-bond acceptors (Lipinski definition) is 4. The molecule has 182 valence electrons. The number of methoxy groups -OCH3 is 1. The second-order valence-electron chi connectivity index (χ2n) is 10.4. The van der Waals surface area contributed by atoms with E-state index in [0.717, 1.165) is 16.7 Å². The lowest BCUT2D eigenvalue weighted by Crippen LogP contribution is -2.31. The largest absolute Gasteiger partial charge is 0.507 e. The van der Waals surface area contributed by atoms with Gasteiger partial charge in [-0.1, -0.05) is 71.0 Å². The van der Waals surface area contributed by atoms with Crippen LogP contribution < -0.4 is 0 Å². The summed E-state index contributed by atoms with van der Waals surface area (Å²) in [7, 11) is 1.61. The zero-order valence-corrected chi connectivity index (χ0v) is 21.4. The van der Waals surface area contributed by atoms with E-state index in [0.29, 0.717) is 31.1 Å². The van der Waals surface area contributed by atoms with E-state index in [1.165, 1.54) is 5.56 Å². The maximum atomic E-state index is 13.3. The van der Waals surface area contributed by atoms with Crippen molar-refractivity contribution in [2.45, 2.75) is 65.3 Å². The van der Waals surface area contributed by atoms with Gasteiger partial charge in [-0.25, -0.2) is 0 Å². The molecule has 1 atom stereocenters. The Morgan fingerprint density at radius 2 is 1.74 bits per heavy atom. The fourth-order valence-corrected chi connectivity index (χ4v) is 4.39. The van der Waals surface area contributed by atoms with Crippen LogP contribution >= 0.6 is 0 Å². The third-order valence-corrected chi connectivity index (χ3v) is 6.57. The molecular formula is C29H37NO4. The Balaban J connectivity index is 2.19. The molecule has 0 saturated carbocycles. The van der Waals surface area contributed by atoms with Crippen molar-refractivity contribution < 1.29 is 19.4 Å². The highest BCUT2D eigenvalue weighted by Gasteiger charge is 2.46. The predicted octanol–water partition coefficient (Wildman–Crippen LogP) is 5.87. The molecule has 5 heteroatoms. The first kappa shape index (κ1) is 25.7. The average molecular weight is 464 g/mol. The molecule has 2 aromatic carbocycles. The number of carbonyl (C=O) groups excluding carboxylic acids is 2. The molecule has 1 heterocycles. The first-order chi connectivity index (χ1) is 16.0. The number of ether oxygens (including phenoxy) is 1. The molecule has 3 rings (SSSR count). The summed E-state index contributed by atoms with van der Waals surface area (Å²) in [4.78, 5) is 28.0. The normalized spacial score (nSPS) is 18.2. The van der Waals surface area contributed by atoms with Gasteiger partial charge in [0.1, 0.15) is 5.76 Å². The molecule has 1 fully saturated rings. The molecule has 1 aliphatic heterocycles. The zero-order chi connectivity index (χ0) is 25.2. The Hall–Kier alpha value is -2.92. The number of ketones is 1. The second-order valence-corrected chi connectivity index (χ2v) is 10.4. The van der Waals surface area contributed by atoms with E-state index >= 15 is 0 Å². The van der Waals surface area contributed by atoms with E-state index in [9.17, 15) is 14.7 Å². The number of rotatable bonds is 7. The quantitative estimate of drug-likeness (QED) is 0.241. The van der Waals surface area contributed by atoms with Crippen molar-refractivity contribution in [1.29, 1.82) is 0 Å². The summed E-state index contributed by atoms with van der Waals surface area (Å²) >= 11 is 0. The van der Waals surface area contributed by atoms with Crippen molar-refractivity contribution in [2.24, 2.45) is 0 Å². The van der Waals surface area contributed by atoms with Gasteiger partial charge in [0, 0.05) is 25.8 Å². The van der Waals surface area contributed by atoms with Crippen molar-refractivity contribution in [3.05, 3.63) is 75.9 Å². The van der Waals surface area contributed by atoms with Crippen molar-refractivity contribution in [3.8, 4) is 0 Å². The minimum Gasteiger partial charge on any atom is -0.507 e. The molecule has 0 spiro atoms. The Morgan fingerprint density at radius 3 is 2.29 bits per heavy atom. The Morgan fingerprint density at radius 1 is 1.09 bits per heavy atom. The van der Waals surface area contributed by atoms with Gasteiger partial charge in [0.2, 0.25) is 0 Å². The summed E-state index contributed by atoms with van der Waals surface area (Å²) in [5, 5.41) is 11.5. The maximum Gasteiger partial charge on any atom is 0.295 e. The first-order valence-electron chi connectivity index (χ1n) is 12.0. The van der Waals surface area contributed by atoms with E-state index in [2.05, 4.69) is 34.6 Å². The van der Waals surface area contributed by atoms with E-state index in [4.69, 9.17) is 4.74 Å². The molecule has 1 N–H and O–H groups in total. The number of hydrogen-bond donors (Lipinski definition) is 1. The lowest BCUT2D eigenvalue weighted by Gasteiger charge is -2.26. The molecule has 0 aliphatic carbocycles. The fraction of sp³-hybridized carbons (Fsp3) is 0.448. The van der Waals surface area contributed by atoms with Gasteiger partial charge in [0.25, 0.3) is 11.7 Å². The molecule has 0 aromatic heterocycles. The summed E-state index contributed by atoms with van der Waals surface area (Å²) in [6, 6.07) is 13.3. The zero-order valence-electron chi connectivity index (χ0n) is 21.4. The molecule has 1 amide bonds. The lowest BCUT2D eigenvalue weighted by molar-refractivity contribution is -0.140. The van der Waals surface area contributed by atoms with Crippen molar-refractivity contribution in [1.82, 2.24) is 4.90 Å². The number of aliphatic hydroxyl groups is 1. The number of aryl methyl sites for hydroxylation is 1. The first-order valence-corrected chi connectivity index (χ1v) is 12.0. The number of amides is 1. The van der Waals surface area contributed by atoms with Crippen molar-refractivity contribution >= 4 is 17.4 Å². The van der Waals surface area contributed by atoms with Crippen LogP contribution in [0, 0.1) is 6.92 Å². The molecule has 2 aromatic rings. The Labute approximate surface area is 203 Å². The van der Waals surface area contributed by atoms with Crippen LogP contribution in [0.3, 0.4) is 0 Å². The van der Waals surface area contributed by atoms with Crippen LogP contribution in [-0.2, 0) is 19.7 Å². The summed E-state index contributed by atoms with van der Waals surface area (Å²) < 4.78 is 5.17. The molecule has 1 unspecified atom stereocenters. The van der Waals surface area contributed by atoms with Gasteiger partial charge in [-0.15, -0.1) is 0 Å². The van der Waals surface area contributed by atoms with Gasteiger partial charge in [0.15, 0.2) is 0 Å².